The fraction of sp³-hybridized carbons (Fsp3) is 0.450. The van der Waals surface area contributed by atoms with Crippen LogP contribution < -0.4 is 21.4 Å². The van der Waals surface area contributed by atoms with Crippen LogP contribution in [0.1, 0.15) is 30.9 Å². The van der Waals surface area contributed by atoms with Crippen molar-refractivity contribution in [3.8, 4) is 0 Å². The summed E-state index contributed by atoms with van der Waals surface area (Å²) < 4.78 is 14.5. The van der Waals surface area contributed by atoms with Crippen molar-refractivity contribution in [1.82, 2.24) is 14.9 Å². The van der Waals surface area contributed by atoms with E-state index >= 15 is 0 Å². The second-order valence-corrected chi connectivity index (χ2v) is 7.78. The fourth-order valence-corrected chi connectivity index (χ4v) is 3.66. The van der Waals surface area contributed by atoms with Crippen LogP contribution in [-0.4, -0.2) is 60.4 Å². The van der Waals surface area contributed by atoms with E-state index in [-0.39, 0.29) is 16.9 Å². The number of piperazine rings is 1. The lowest BCUT2D eigenvalue weighted by Crippen LogP contribution is -2.48. The number of nitrogens with one attached hydrogen (secondary N) is 1. The molecule has 2 aromatic rings. The molecule has 1 saturated heterocycles. The second kappa shape index (κ2) is 9.37. The minimum atomic E-state index is -0.143. The first-order valence-corrected chi connectivity index (χ1v) is 10.2. The van der Waals surface area contributed by atoms with Crippen LogP contribution in [0.4, 0.5) is 21.8 Å². The maximum atomic E-state index is 14.5. The highest BCUT2D eigenvalue weighted by molar-refractivity contribution is 6.32. The lowest BCUT2D eigenvalue weighted by molar-refractivity contribution is -0.104. The molecule has 1 aromatic carbocycles. The standard InChI is InChI=1S/C20H27ClFN7/c1-13(2)14-3-4-17(16(22)11-14)29-9-7-28(8-10-29)6-5-25-19-15(12-23)18(21)26-20(24)27-19/h3-4,11-13,23H,5-10H2,1-2H3,(H3,24,25,26,27)/p+1. The van der Waals surface area contributed by atoms with E-state index in [0.717, 1.165) is 38.3 Å². The van der Waals surface area contributed by atoms with Crippen molar-refractivity contribution in [2.45, 2.75) is 19.8 Å². The van der Waals surface area contributed by atoms with Crippen molar-refractivity contribution in [2.24, 2.45) is 0 Å². The van der Waals surface area contributed by atoms with Gasteiger partial charge in [0.05, 0.1) is 5.69 Å². The van der Waals surface area contributed by atoms with Crippen LogP contribution in [0.15, 0.2) is 18.2 Å². The minimum absolute atomic E-state index is 0.0993. The highest BCUT2D eigenvalue weighted by Crippen LogP contribution is 2.25. The zero-order valence-electron chi connectivity index (χ0n) is 16.8. The molecule has 0 saturated carbocycles. The Labute approximate surface area is 175 Å². The van der Waals surface area contributed by atoms with Crippen LogP contribution in [0.2, 0.25) is 5.15 Å². The summed E-state index contributed by atoms with van der Waals surface area (Å²) in [6.45, 7) is 8.89. The van der Waals surface area contributed by atoms with Crippen LogP contribution in [0.3, 0.4) is 0 Å². The van der Waals surface area contributed by atoms with Gasteiger partial charge in [0.2, 0.25) is 5.95 Å². The molecule has 9 heteroatoms. The molecule has 1 aliphatic heterocycles. The molecule has 1 aromatic heterocycles. The molecule has 1 aliphatic rings. The molecule has 3 rings (SSSR count). The fourth-order valence-electron chi connectivity index (χ4n) is 3.42. The third kappa shape index (κ3) is 5.13. The van der Waals surface area contributed by atoms with Crippen molar-refractivity contribution >= 4 is 35.3 Å². The largest absolute Gasteiger partial charge is 0.368 e. The van der Waals surface area contributed by atoms with Gasteiger partial charge in [0, 0.05) is 39.3 Å². The number of nitrogen functional groups attached to an aromatic ring is 1. The van der Waals surface area contributed by atoms with Crippen LogP contribution >= 0.6 is 11.6 Å². The van der Waals surface area contributed by atoms with Gasteiger partial charge in [-0.3, -0.25) is 10.3 Å². The van der Waals surface area contributed by atoms with Crippen LogP contribution in [0.25, 0.3) is 0 Å². The van der Waals surface area contributed by atoms with Crippen molar-refractivity contribution in [1.29, 1.82) is 0 Å². The number of benzene rings is 1. The van der Waals surface area contributed by atoms with Gasteiger partial charge >= 0.3 is 0 Å². The lowest BCUT2D eigenvalue weighted by Gasteiger charge is -2.36. The highest BCUT2D eigenvalue weighted by Gasteiger charge is 2.20. The maximum absolute atomic E-state index is 14.5. The predicted octanol–water partition coefficient (Wildman–Crippen LogP) is 1.39. The second-order valence-electron chi connectivity index (χ2n) is 7.42. The summed E-state index contributed by atoms with van der Waals surface area (Å²) in [5, 5.41) is 9.05. The van der Waals surface area contributed by atoms with Gasteiger partial charge in [-0.15, -0.1) is 0 Å². The van der Waals surface area contributed by atoms with Crippen LogP contribution in [0.5, 0.6) is 0 Å². The lowest BCUT2D eigenvalue weighted by atomic mass is 10.0. The van der Waals surface area contributed by atoms with E-state index < -0.39 is 0 Å². The average Bonchev–Trinajstić information content (AvgIpc) is 2.68. The molecule has 1 fully saturated rings. The first kappa shape index (κ1) is 21.3. The number of nitrogens with two attached hydrogens (primary N) is 2. The topological polar surface area (TPSA) is 95.9 Å². The van der Waals surface area contributed by atoms with Crippen molar-refractivity contribution in [2.75, 3.05) is 55.2 Å². The molecule has 156 valence electrons. The first-order valence-electron chi connectivity index (χ1n) is 9.77. The predicted molar refractivity (Wildman–Crippen MR) is 116 cm³/mol. The van der Waals surface area contributed by atoms with E-state index in [9.17, 15) is 4.39 Å². The third-order valence-electron chi connectivity index (χ3n) is 5.15. The number of hydrogen-bond donors (Lipinski definition) is 3. The molecule has 0 spiro atoms. The monoisotopic (exact) mass is 420 g/mol. The number of rotatable bonds is 7. The summed E-state index contributed by atoms with van der Waals surface area (Å²) in [4.78, 5) is 12.5. The quantitative estimate of drug-likeness (QED) is 0.462. The van der Waals surface area contributed by atoms with Gasteiger partial charge in [0.15, 0.2) is 6.21 Å². The van der Waals surface area contributed by atoms with Gasteiger partial charge in [-0.1, -0.05) is 31.5 Å². The van der Waals surface area contributed by atoms with Gasteiger partial charge in [-0.25, -0.2) is 9.37 Å². The number of halogens is 2. The zero-order chi connectivity index (χ0) is 21.0. The molecule has 5 N–H and O–H groups in total. The normalized spacial score (nSPS) is 15.0. The van der Waals surface area contributed by atoms with Crippen molar-refractivity contribution < 1.29 is 9.80 Å². The summed E-state index contributed by atoms with van der Waals surface area (Å²) in [7, 11) is 0. The Balaban J connectivity index is 1.52. The Morgan fingerprint density at radius 3 is 2.62 bits per heavy atom. The molecule has 7 nitrogen and oxygen atoms in total. The van der Waals surface area contributed by atoms with E-state index in [2.05, 4.69) is 38.9 Å². The van der Waals surface area contributed by atoms with Gasteiger partial charge in [0.1, 0.15) is 22.4 Å². The summed E-state index contributed by atoms with van der Waals surface area (Å²) in [5.41, 5.74) is 7.90. The Kier molecular flexibility index (Phi) is 6.87. The van der Waals surface area contributed by atoms with E-state index in [4.69, 9.17) is 22.7 Å². The van der Waals surface area contributed by atoms with Gasteiger partial charge in [-0.05, 0) is 23.6 Å². The smallest absolute Gasteiger partial charge is 0.223 e. The van der Waals surface area contributed by atoms with Gasteiger partial charge in [0.25, 0.3) is 0 Å². The third-order valence-corrected chi connectivity index (χ3v) is 5.44. The Morgan fingerprint density at radius 2 is 2.00 bits per heavy atom. The zero-order valence-corrected chi connectivity index (χ0v) is 17.6. The molecule has 29 heavy (non-hydrogen) atoms. The summed E-state index contributed by atoms with van der Waals surface area (Å²) in [6, 6.07) is 5.57. The maximum Gasteiger partial charge on any atom is 0.223 e. The summed E-state index contributed by atoms with van der Waals surface area (Å²) >= 11 is 6.05. The SMILES string of the molecule is CC(C)c1ccc(N2CCN(CCNc3nc(N)nc(Cl)c3C=[NH2+])CC2)c(F)c1. The number of anilines is 3. The molecular weight excluding hydrogens is 393 g/mol. The average molecular weight is 421 g/mol. The highest BCUT2D eigenvalue weighted by atomic mass is 35.5. The van der Waals surface area contributed by atoms with E-state index in [1.165, 1.54) is 6.21 Å². The number of nitrogens with zero attached hydrogens (tertiary/aromatic N) is 4. The van der Waals surface area contributed by atoms with Crippen LogP contribution in [0, 0.1) is 5.82 Å². The Bertz CT molecular complexity index is 866. The van der Waals surface area contributed by atoms with Gasteiger partial charge < -0.3 is 16.0 Å². The van der Waals surface area contributed by atoms with Gasteiger partial charge in [-0.2, -0.15) is 4.98 Å². The number of hydrogen-bond acceptors (Lipinski definition) is 6. The molecule has 0 unspecified atom stereocenters. The number of aromatic nitrogens is 2. The molecule has 0 atom stereocenters. The van der Waals surface area contributed by atoms with Crippen molar-refractivity contribution in [3.05, 3.63) is 40.3 Å². The minimum Gasteiger partial charge on any atom is -0.368 e. The molecule has 0 radical (unpaired) electrons. The molecule has 2 heterocycles. The molecule has 0 aliphatic carbocycles. The summed E-state index contributed by atoms with van der Waals surface area (Å²) in [6.07, 6.45) is 1.36. The van der Waals surface area contributed by atoms with E-state index in [1.54, 1.807) is 6.07 Å². The van der Waals surface area contributed by atoms with Crippen molar-refractivity contribution in [3.63, 3.8) is 0 Å². The molecular formula is C20H28ClFN7+. The van der Waals surface area contributed by atoms with E-state index in [1.807, 2.05) is 12.1 Å². The van der Waals surface area contributed by atoms with Crippen LogP contribution in [-0.2, 0) is 0 Å². The first-order chi connectivity index (χ1) is 13.9. The van der Waals surface area contributed by atoms with E-state index in [0.29, 0.717) is 29.5 Å². The molecule has 0 bridgehead atoms. The Morgan fingerprint density at radius 1 is 1.28 bits per heavy atom. The summed E-state index contributed by atoms with van der Waals surface area (Å²) in [5.74, 6) is 0.800. The Hall–Kier alpha value is -2.45. The molecule has 0 amide bonds.